The van der Waals surface area contributed by atoms with Crippen molar-refractivity contribution < 1.29 is 9.90 Å². The van der Waals surface area contributed by atoms with E-state index in [9.17, 15) is 4.79 Å². The third-order valence-electron chi connectivity index (χ3n) is 2.62. The van der Waals surface area contributed by atoms with Crippen molar-refractivity contribution in [3.8, 4) is 11.1 Å². The number of benzene rings is 1. The fourth-order valence-electron chi connectivity index (χ4n) is 1.69. The van der Waals surface area contributed by atoms with Gasteiger partial charge in [-0.2, -0.15) is 0 Å². The number of anilines is 1. The summed E-state index contributed by atoms with van der Waals surface area (Å²) in [6.07, 6.45) is 0. The predicted octanol–water partition coefficient (Wildman–Crippen LogP) is 1.49. The Morgan fingerprint density at radius 3 is 2.39 bits per heavy atom. The van der Waals surface area contributed by atoms with Crippen LogP contribution in [0, 0.1) is 0 Å². The maximum Gasteiger partial charge on any atom is 0.355 e. The van der Waals surface area contributed by atoms with Gasteiger partial charge in [-0.05, 0) is 23.3 Å². The van der Waals surface area contributed by atoms with Crippen LogP contribution in [0.1, 0.15) is 16.1 Å². The van der Waals surface area contributed by atoms with Crippen molar-refractivity contribution in [1.29, 1.82) is 0 Å². The second kappa shape index (κ2) is 4.85. The molecule has 0 radical (unpaired) electrons. The van der Waals surface area contributed by atoms with Crippen LogP contribution in [0.25, 0.3) is 11.1 Å². The van der Waals surface area contributed by atoms with E-state index in [2.05, 4.69) is 4.98 Å². The van der Waals surface area contributed by atoms with E-state index in [0.717, 1.165) is 11.1 Å². The molecular formula is C13H13N3O2. The number of carboxylic acid groups (broad SMARTS) is 1. The summed E-state index contributed by atoms with van der Waals surface area (Å²) in [5.74, 6) is -0.907. The van der Waals surface area contributed by atoms with Crippen LogP contribution in [-0.2, 0) is 6.54 Å². The van der Waals surface area contributed by atoms with Crippen LogP contribution in [-0.4, -0.2) is 16.1 Å². The molecule has 0 saturated heterocycles. The van der Waals surface area contributed by atoms with Crippen LogP contribution in [0.15, 0.2) is 36.4 Å². The minimum Gasteiger partial charge on any atom is -0.476 e. The zero-order valence-electron chi connectivity index (χ0n) is 9.63. The first-order valence-electron chi connectivity index (χ1n) is 5.41. The third kappa shape index (κ3) is 2.31. The normalized spacial score (nSPS) is 10.3. The molecule has 0 aliphatic heterocycles. The molecule has 5 nitrogen and oxygen atoms in total. The average molecular weight is 243 g/mol. The highest BCUT2D eigenvalue weighted by molar-refractivity contribution is 5.94. The van der Waals surface area contributed by atoms with Crippen LogP contribution < -0.4 is 11.5 Å². The lowest BCUT2D eigenvalue weighted by molar-refractivity contribution is 0.0691. The van der Waals surface area contributed by atoms with E-state index in [1.807, 2.05) is 24.3 Å². The van der Waals surface area contributed by atoms with Gasteiger partial charge in [-0.15, -0.1) is 0 Å². The van der Waals surface area contributed by atoms with Crippen LogP contribution in [0.4, 0.5) is 5.82 Å². The number of nitrogens with zero attached hydrogens (tertiary/aromatic N) is 1. The highest BCUT2D eigenvalue weighted by atomic mass is 16.4. The molecule has 1 aromatic carbocycles. The number of pyridine rings is 1. The molecule has 92 valence electrons. The van der Waals surface area contributed by atoms with Crippen LogP contribution in [0.2, 0.25) is 0 Å². The molecule has 0 aliphatic carbocycles. The van der Waals surface area contributed by atoms with Crippen LogP contribution in [0.3, 0.4) is 0 Å². The highest BCUT2D eigenvalue weighted by Crippen LogP contribution is 2.24. The van der Waals surface area contributed by atoms with Crippen molar-refractivity contribution in [2.45, 2.75) is 6.54 Å². The molecule has 0 aliphatic rings. The summed E-state index contributed by atoms with van der Waals surface area (Å²) in [5.41, 5.74) is 13.3. The molecule has 0 fully saturated rings. The van der Waals surface area contributed by atoms with Gasteiger partial charge in [-0.25, -0.2) is 9.78 Å². The number of aromatic carboxylic acids is 1. The van der Waals surface area contributed by atoms with E-state index in [0.29, 0.717) is 12.1 Å². The van der Waals surface area contributed by atoms with Crippen LogP contribution >= 0.6 is 0 Å². The summed E-state index contributed by atoms with van der Waals surface area (Å²) in [5, 5.41) is 9.11. The number of nitrogen functional groups attached to an aromatic ring is 1. The fraction of sp³-hybridized carbons (Fsp3) is 0.0769. The smallest absolute Gasteiger partial charge is 0.355 e. The lowest BCUT2D eigenvalue weighted by Crippen LogP contribution is -2.05. The Kier molecular flexibility index (Phi) is 3.25. The number of carbonyl (C=O) groups is 1. The Balaban J connectivity index is 2.52. The van der Waals surface area contributed by atoms with E-state index in [1.54, 1.807) is 12.1 Å². The first-order chi connectivity index (χ1) is 8.61. The Morgan fingerprint density at radius 1 is 1.17 bits per heavy atom. The van der Waals surface area contributed by atoms with Crippen molar-refractivity contribution in [2.24, 2.45) is 5.73 Å². The molecule has 2 rings (SSSR count). The molecule has 0 bridgehead atoms. The SMILES string of the molecule is NCc1ccc(-c2ccc(N)nc2C(=O)O)cc1. The fourth-order valence-corrected chi connectivity index (χ4v) is 1.69. The molecule has 0 saturated carbocycles. The zero-order chi connectivity index (χ0) is 13.1. The highest BCUT2D eigenvalue weighted by Gasteiger charge is 2.13. The standard InChI is InChI=1S/C13H13N3O2/c14-7-8-1-3-9(4-2-8)10-5-6-11(15)16-12(10)13(17)18/h1-6H,7,14H2,(H2,15,16)(H,17,18). The Morgan fingerprint density at radius 2 is 1.83 bits per heavy atom. The maximum atomic E-state index is 11.1. The van der Waals surface area contributed by atoms with Gasteiger partial charge in [-0.1, -0.05) is 24.3 Å². The number of nitrogens with two attached hydrogens (primary N) is 2. The summed E-state index contributed by atoms with van der Waals surface area (Å²) in [6.45, 7) is 0.450. The molecule has 0 spiro atoms. The molecule has 0 amide bonds. The zero-order valence-corrected chi connectivity index (χ0v) is 9.63. The van der Waals surface area contributed by atoms with Crippen molar-refractivity contribution in [1.82, 2.24) is 4.98 Å². The average Bonchev–Trinajstić information content (AvgIpc) is 2.39. The lowest BCUT2D eigenvalue weighted by atomic mass is 10.0. The van der Waals surface area contributed by atoms with E-state index in [4.69, 9.17) is 16.6 Å². The first kappa shape index (κ1) is 12.1. The second-order valence-electron chi connectivity index (χ2n) is 3.84. The summed E-state index contributed by atoms with van der Waals surface area (Å²) < 4.78 is 0. The second-order valence-corrected chi connectivity index (χ2v) is 3.84. The molecule has 0 unspecified atom stereocenters. The van der Waals surface area contributed by atoms with Gasteiger partial charge in [0.15, 0.2) is 5.69 Å². The van der Waals surface area contributed by atoms with E-state index in [1.165, 1.54) is 0 Å². The summed E-state index contributed by atoms with van der Waals surface area (Å²) in [6, 6.07) is 10.6. The number of rotatable bonds is 3. The van der Waals surface area contributed by atoms with Gasteiger partial charge in [0.05, 0.1) is 0 Å². The number of carboxylic acids is 1. The Labute approximate surface area is 104 Å². The van der Waals surface area contributed by atoms with Crippen molar-refractivity contribution >= 4 is 11.8 Å². The van der Waals surface area contributed by atoms with Gasteiger partial charge < -0.3 is 16.6 Å². The van der Waals surface area contributed by atoms with Gasteiger partial charge >= 0.3 is 5.97 Å². The summed E-state index contributed by atoms with van der Waals surface area (Å²) in [4.78, 5) is 15.0. The number of aromatic nitrogens is 1. The van der Waals surface area contributed by atoms with Gasteiger partial charge in [-0.3, -0.25) is 0 Å². The minimum absolute atomic E-state index is 0.0458. The molecule has 5 heteroatoms. The molecule has 5 N–H and O–H groups in total. The van der Waals surface area contributed by atoms with Gasteiger partial charge in [0.1, 0.15) is 5.82 Å². The van der Waals surface area contributed by atoms with Crippen molar-refractivity contribution in [3.05, 3.63) is 47.7 Å². The molecule has 2 aromatic rings. The molecular weight excluding hydrogens is 230 g/mol. The van der Waals surface area contributed by atoms with Crippen molar-refractivity contribution in [3.63, 3.8) is 0 Å². The van der Waals surface area contributed by atoms with Crippen LogP contribution in [0.5, 0.6) is 0 Å². The Bertz CT molecular complexity index is 579. The topological polar surface area (TPSA) is 102 Å². The van der Waals surface area contributed by atoms with E-state index >= 15 is 0 Å². The lowest BCUT2D eigenvalue weighted by Gasteiger charge is -2.07. The van der Waals surface area contributed by atoms with E-state index in [-0.39, 0.29) is 11.5 Å². The maximum absolute atomic E-state index is 11.1. The third-order valence-corrected chi connectivity index (χ3v) is 2.62. The molecule has 1 aromatic heterocycles. The van der Waals surface area contributed by atoms with Gasteiger partial charge in [0.2, 0.25) is 0 Å². The number of hydrogen-bond donors (Lipinski definition) is 3. The number of hydrogen-bond acceptors (Lipinski definition) is 4. The van der Waals surface area contributed by atoms with E-state index < -0.39 is 5.97 Å². The van der Waals surface area contributed by atoms with Gasteiger partial charge in [0, 0.05) is 12.1 Å². The molecule has 0 atom stereocenters. The van der Waals surface area contributed by atoms with Crippen molar-refractivity contribution in [2.75, 3.05) is 5.73 Å². The summed E-state index contributed by atoms with van der Waals surface area (Å²) in [7, 11) is 0. The quantitative estimate of drug-likeness (QED) is 0.757. The molecule has 1 heterocycles. The molecule has 18 heavy (non-hydrogen) atoms. The Hall–Kier alpha value is -2.40. The van der Waals surface area contributed by atoms with Gasteiger partial charge in [0.25, 0.3) is 0 Å². The first-order valence-corrected chi connectivity index (χ1v) is 5.41. The minimum atomic E-state index is -1.10. The summed E-state index contributed by atoms with van der Waals surface area (Å²) >= 11 is 0. The largest absolute Gasteiger partial charge is 0.476 e. The monoisotopic (exact) mass is 243 g/mol. The predicted molar refractivity (Wildman–Crippen MR) is 68.9 cm³/mol.